The monoisotopic (exact) mass is 714 g/mol. The van der Waals surface area contributed by atoms with E-state index in [2.05, 4.69) is 10.2 Å². The Labute approximate surface area is 299 Å². The summed E-state index contributed by atoms with van der Waals surface area (Å²) in [5, 5.41) is 11.9. The number of nitrogen functional groups attached to an aromatic ring is 2. The first-order valence-electron chi connectivity index (χ1n) is 15.4. The highest BCUT2D eigenvalue weighted by Crippen LogP contribution is 2.31. The Morgan fingerprint density at radius 3 is 1.52 bits per heavy atom. The molecule has 0 radical (unpaired) electrons. The highest BCUT2D eigenvalue weighted by Gasteiger charge is 2.24. The smallest absolute Gasteiger partial charge is 0.302 e. The molecule has 12 nitrogen and oxygen atoms in total. The van der Waals surface area contributed by atoms with E-state index in [-0.39, 0.29) is 10.5 Å². The third-order valence-electron chi connectivity index (χ3n) is 7.60. The summed E-state index contributed by atoms with van der Waals surface area (Å²) in [6.07, 6.45) is 0. The normalized spacial score (nSPS) is 14.2. The molecule has 260 valence electrons. The molecule has 4 aromatic carbocycles. The third-order valence-corrected chi connectivity index (χ3v) is 9.35. The molecule has 2 aliphatic heterocycles. The van der Waals surface area contributed by atoms with Crippen molar-refractivity contribution in [2.24, 2.45) is 10.2 Å². The number of methoxy groups -OCH3 is 4. The Bertz CT molecular complexity index is 1900. The Morgan fingerprint density at radius 2 is 1.06 bits per heavy atom. The highest BCUT2D eigenvalue weighted by atomic mass is 32.2. The van der Waals surface area contributed by atoms with Crippen molar-refractivity contribution in [1.29, 1.82) is 0 Å². The summed E-state index contributed by atoms with van der Waals surface area (Å²) in [6, 6.07) is 26.1. The Kier molecular flexibility index (Phi) is 12.1. The largest absolute Gasteiger partial charge is 0.493 e. The molecule has 0 aromatic heterocycles. The van der Waals surface area contributed by atoms with E-state index < -0.39 is 0 Å². The molecule has 0 unspecified atom stereocenters. The average molecular weight is 715 g/mol. The van der Waals surface area contributed by atoms with Crippen LogP contribution in [0.4, 0.5) is 21.0 Å². The van der Waals surface area contributed by atoms with E-state index in [0.717, 1.165) is 33.7 Å². The highest BCUT2D eigenvalue weighted by molar-refractivity contribution is 8.14. The van der Waals surface area contributed by atoms with Gasteiger partial charge in [0.15, 0.2) is 23.0 Å². The first-order chi connectivity index (χ1) is 24.2. The number of hydrogen-bond donors (Lipinski definition) is 2. The number of carbonyl (C=O) groups excluding carboxylic acids is 2. The van der Waals surface area contributed by atoms with Gasteiger partial charge in [0.25, 0.3) is 0 Å². The number of nitrogens with zero attached hydrogens (tertiary/aromatic N) is 4. The number of anilines is 2. The van der Waals surface area contributed by atoms with E-state index in [1.807, 2.05) is 84.9 Å². The minimum atomic E-state index is -0.0772. The van der Waals surface area contributed by atoms with Gasteiger partial charge in [-0.25, -0.2) is 10.0 Å². The van der Waals surface area contributed by atoms with Crippen LogP contribution >= 0.6 is 23.5 Å². The van der Waals surface area contributed by atoms with Crippen molar-refractivity contribution in [2.75, 3.05) is 51.4 Å². The molecular formula is C36H38N6O6S2. The molecule has 2 heterocycles. The number of rotatable bonds is 10. The Balaban J connectivity index is 0.000000194. The lowest BCUT2D eigenvalue weighted by atomic mass is 10.1. The molecule has 0 fully saturated rings. The zero-order chi connectivity index (χ0) is 35.6. The summed E-state index contributed by atoms with van der Waals surface area (Å²) in [4.78, 5) is 24.4. The van der Waals surface area contributed by atoms with Gasteiger partial charge in [-0.1, -0.05) is 47.8 Å². The van der Waals surface area contributed by atoms with Gasteiger partial charge in [0, 0.05) is 34.0 Å². The third kappa shape index (κ3) is 9.01. The van der Waals surface area contributed by atoms with Crippen LogP contribution < -0.4 is 30.4 Å². The van der Waals surface area contributed by atoms with Crippen molar-refractivity contribution in [3.05, 3.63) is 107 Å². The zero-order valence-corrected chi connectivity index (χ0v) is 29.8. The summed E-state index contributed by atoms with van der Waals surface area (Å²) in [5.41, 5.74) is 18.2. The number of ether oxygens (including phenoxy) is 4. The van der Waals surface area contributed by atoms with Crippen molar-refractivity contribution >= 4 is 56.8 Å². The van der Waals surface area contributed by atoms with Gasteiger partial charge >= 0.3 is 10.5 Å². The predicted molar refractivity (Wildman–Crippen MR) is 201 cm³/mol. The van der Waals surface area contributed by atoms with Gasteiger partial charge in [0.05, 0.1) is 53.0 Å². The maximum Gasteiger partial charge on any atom is 0.302 e. The van der Waals surface area contributed by atoms with E-state index in [0.29, 0.717) is 59.0 Å². The van der Waals surface area contributed by atoms with Crippen molar-refractivity contribution in [3.8, 4) is 23.0 Å². The van der Waals surface area contributed by atoms with Gasteiger partial charge in [-0.2, -0.15) is 10.2 Å². The van der Waals surface area contributed by atoms with E-state index in [9.17, 15) is 9.59 Å². The molecule has 2 amide bonds. The van der Waals surface area contributed by atoms with Crippen molar-refractivity contribution < 1.29 is 28.5 Å². The van der Waals surface area contributed by atoms with Crippen LogP contribution in [0.2, 0.25) is 0 Å². The molecule has 50 heavy (non-hydrogen) atoms. The molecule has 0 aliphatic carbocycles. The zero-order valence-electron chi connectivity index (χ0n) is 28.1. The topological polar surface area (TPSA) is 154 Å². The molecule has 0 bridgehead atoms. The molecular weight excluding hydrogens is 677 g/mol. The summed E-state index contributed by atoms with van der Waals surface area (Å²) in [7, 11) is 6.38. The summed E-state index contributed by atoms with van der Waals surface area (Å²) in [5.74, 6) is 3.61. The van der Waals surface area contributed by atoms with Crippen molar-refractivity contribution in [2.45, 2.75) is 13.1 Å². The van der Waals surface area contributed by atoms with E-state index in [4.69, 9.17) is 30.4 Å². The van der Waals surface area contributed by atoms with Crippen LogP contribution in [0.1, 0.15) is 22.3 Å². The summed E-state index contributed by atoms with van der Waals surface area (Å²) >= 11 is 2.46. The van der Waals surface area contributed by atoms with Gasteiger partial charge < -0.3 is 30.4 Å². The van der Waals surface area contributed by atoms with Crippen LogP contribution in [0.3, 0.4) is 0 Å². The van der Waals surface area contributed by atoms with E-state index in [1.165, 1.54) is 33.5 Å². The fourth-order valence-corrected chi connectivity index (χ4v) is 6.49. The quantitative estimate of drug-likeness (QED) is 0.169. The predicted octanol–water partition coefficient (Wildman–Crippen LogP) is 6.72. The minimum absolute atomic E-state index is 0.0685. The number of thioether (sulfide) groups is 2. The second-order valence-electron chi connectivity index (χ2n) is 10.9. The van der Waals surface area contributed by atoms with Gasteiger partial charge in [-0.15, -0.1) is 0 Å². The number of amides is 2. The van der Waals surface area contributed by atoms with Crippen LogP contribution in [0.25, 0.3) is 0 Å². The standard InChI is InChI=1S/2C18H19N3O3S/c1-23-16-8-5-13(9-17(16)24-2)15-11-25-18(22)21(20-15)10-12-3-6-14(19)7-4-12;1-23-16-7-6-13(9-17(16)24-2)15-11-25-18(22)21(20-15)10-12-4-3-5-14(19)8-12/h2*3-9H,10-11,19H2,1-2H3. The molecule has 0 saturated heterocycles. The fourth-order valence-electron chi connectivity index (χ4n) is 5.01. The second-order valence-corrected chi connectivity index (χ2v) is 12.8. The molecule has 0 saturated carbocycles. The Hall–Kier alpha value is -5.34. The second kappa shape index (κ2) is 16.9. The number of hydrazone groups is 2. The van der Waals surface area contributed by atoms with Crippen LogP contribution in [0.15, 0.2) is 95.1 Å². The molecule has 6 rings (SSSR count). The van der Waals surface area contributed by atoms with Gasteiger partial charge in [-0.05, 0) is 71.8 Å². The lowest BCUT2D eigenvalue weighted by Crippen LogP contribution is -2.29. The molecule has 4 aromatic rings. The molecule has 0 spiro atoms. The van der Waals surface area contributed by atoms with Crippen LogP contribution in [-0.4, -0.2) is 71.9 Å². The maximum atomic E-state index is 12.2. The maximum absolute atomic E-state index is 12.2. The van der Waals surface area contributed by atoms with Crippen molar-refractivity contribution in [3.63, 3.8) is 0 Å². The number of nitrogens with two attached hydrogens (primary N) is 2. The van der Waals surface area contributed by atoms with Crippen LogP contribution in [-0.2, 0) is 13.1 Å². The lowest BCUT2D eigenvalue weighted by Gasteiger charge is -2.23. The van der Waals surface area contributed by atoms with Crippen molar-refractivity contribution in [1.82, 2.24) is 10.0 Å². The summed E-state index contributed by atoms with van der Waals surface area (Å²) in [6.45, 7) is 0.788. The fraction of sp³-hybridized carbons (Fsp3) is 0.222. The molecule has 2 aliphatic rings. The average Bonchev–Trinajstić information content (AvgIpc) is 3.14. The van der Waals surface area contributed by atoms with Crippen LogP contribution in [0.5, 0.6) is 23.0 Å². The minimum Gasteiger partial charge on any atom is -0.493 e. The molecule has 0 atom stereocenters. The van der Waals surface area contributed by atoms with E-state index in [1.54, 1.807) is 28.4 Å². The van der Waals surface area contributed by atoms with Gasteiger partial charge in [-0.3, -0.25) is 9.59 Å². The van der Waals surface area contributed by atoms with E-state index >= 15 is 0 Å². The first kappa shape index (κ1) is 36.0. The Morgan fingerprint density at radius 1 is 0.580 bits per heavy atom. The molecule has 14 heteroatoms. The number of carbonyl (C=O) groups is 2. The SMILES string of the molecule is COc1ccc(C2=NN(Cc3ccc(N)cc3)C(=O)SC2)cc1OC.COc1ccc(C2=NN(Cc3cccc(N)c3)C(=O)SC2)cc1OC. The van der Waals surface area contributed by atoms with Crippen LogP contribution in [0, 0.1) is 0 Å². The van der Waals surface area contributed by atoms with Gasteiger partial charge in [0.2, 0.25) is 0 Å². The van der Waals surface area contributed by atoms with Gasteiger partial charge in [0.1, 0.15) is 0 Å². The number of benzene rings is 4. The number of hydrogen-bond acceptors (Lipinski definition) is 12. The lowest BCUT2D eigenvalue weighted by molar-refractivity contribution is 0.222. The molecule has 4 N–H and O–H groups in total. The first-order valence-corrected chi connectivity index (χ1v) is 17.4. The summed E-state index contributed by atoms with van der Waals surface area (Å²) < 4.78 is 21.2.